The van der Waals surface area contributed by atoms with Crippen molar-refractivity contribution < 1.29 is 8.83 Å². The van der Waals surface area contributed by atoms with Crippen LogP contribution in [-0.4, -0.2) is 0 Å². The van der Waals surface area contributed by atoms with Crippen molar-refractivity contribution in [1.82, 2.24) is 0 Å². The third kappa shape index (κ3) is 4.70. The van der Waals surface area contributed by atoms with E-state index in [0.717, 1.165) is 99.5 Å². The fraction of sp³-hybridized carbons (Fsp3) is 0. The Morgan fingerprint density at radius 3 is 0.944 bits per heavy atom. The van der Waals surface area contributed by atoms with Gasteiger partial charge in [0.1, 0.15) is 22.3 Å². The van der Waals surface area contributed by atoms with E-state index >= 15 is 0 Å². The summed E-state index contributed by atoms with van der Waals surface area (Å²) < 4.78 is 12.6. The summed E-state index contributed by atoms with van der Waals surface area (Å²) in [5.74, 6) is 0. The minimum Gasteiger partial charge on any atom is -0.456 e. The van der Waals surface area contributed by atoms with Crippen LogP contribution in [0.1, 0.15) is 0 Å². The lowest BCUT2D eigenvalue weighted by Crippen LogP contribution is -2.14. The smallest absolute Gasteiger partial charge is 0.135 e. The zero-order chi connectivity index (χ0) is 35.6. The zero-order valence-corrected chi connectivity index (χ0v) is 29.2. The lowest BCUT2D eigenvalue weighted by molar-refractivity contribution is 0.668. The van der Waals surface area contributed by atoms with E-state index in [1.807, 2.05) is 24.3 Å². The summed E-state index contributed by atoms with van der Waals surface area (Å²) in [6, 6.07) is 68.6. The van der Waals surface area contributed by atoms with Crippen LogP contribution < -0.4 is 9.80 Å². The normalized spacial score (nSPS) is 11.7. The summed E-state index contributed by atoms with van der Waals surface area (Å²) in [6.45, 7) is 0. The Balaban J connectivity index is 1.23. The summed E-state index contributed by atoms with van der Waals surface area (Å²) in [5, 5.41) is 8.96. The first-order chi connectivity index (χ1) is 26.8. The molecule has 0 bridgehead atoms. The summed E-state index contributed by atoms with van der Waals surface area (Å²) in [4.78, 5) is 4.82. The molecule has 0 atom stereocenters. The Morgan fingerprint density at radius 1 is 0.241 bits per heavy atom. The molecule has 0 aliphatic carbocycles. The van der Waals surface area contributed by atoms with E-state index in [2.05, 4.69) is 180 Å². The van der Waals surface area contributed by atoms with Crippen molar-refractivity contribution in [2.75, 3.05) is 9.80 Å². The first-order valence-electron chi connectivity index (χ1n) is 18.3. The summed E-state index contributed by atoms with van der Waals surface area (Å²) >= 11 is 0. The summed E-state index contributed by atoms with van der Waals surface area (Å²) in [6.07, 6.45) is 0. The zero-order valence-electron chi connectivity index (χ0n) is 29.2. The highest BCUT2D eigenvalue weighted by Crippen LogP contribution is 2.51. The molecule has 0 radical (unpaired) electrons. The van der Waals surface area contributed by atoms with E-state index in [-0.39, 0.29) is 0 Å². The number of nitrogens with zero attached hydrogens (tertiary/aromatic N) is 2. The number of hydrogen-bond donors (Lipinski definition) is 0. The van der Waals surface area contributed by atoms with Gasteiger partial charge in [-0.15, -0.1) is 0 Å². The molecule has 0 N–H and O–H groups in total. The van der Waals surface area contributed by atoms with Gasteiger partial charge in [-0.05, 0) is 72.8 Å². The van der Waals surface area contributed by atoms with Gasteiger partial charge in [-0.25, -0.2) is 0 Å². The van der Waals surface area contributed by atoms with E-state index in [1.54, 1.807) is 0 Å². The van der Waals surface area contributed by atoms with E-state index < -0.39 is 0 Å². The quantitative estimate of drug-likeness (QED) is 0.128. The maximum Gasteiger partial charge on any atom is 0.135 e. The molecular weight excluding hydrogens is 661 g/mol. The van der Waals surface area contributed by atoms with Crippen molar-refractivity contribution in [3.05, 3.63) is 194 Å². The molecule has 0 saturated heterocycles. The standard InChI is InChI=1S/C50H32N2O2/c1-3-15-33(16-4-1)51(35-27-29-47-43(31-35)37-19-11-13-25-45(37)53-47)49-39-21-7-9-23-41(39)50(42-24-10-8-22-40(42)49)52(34-17-5-2-6-18-34)36-28-30-48-44(32-36)38-20-12-14-26-46(38)54-48/h1-32H. The lowest BCUT2D eigenvalue weighted by atomic mass is 9.95. The molecule has 4 nitrogen and oxygen atoms in total. The van der Waals surface area contributed by atoms with E-state index in [9.17, 15) is 0 Å². The molecule has 54 heavy (non-hydrogen) atoms. The Kier molecular flexibility index (Phi) is 6.82. The van der Waals surface area contributed by atoms with Crippen LogP contribution >= 0.6 is 0 Å². The van der Waals surface area contributed by atoms with Crippen LogP contribution in [0, 0.1) is 0 Å². The Labute approximate surface area is 311 Å². The highest BCUT2D eigenvalue weighted by atomic mass is 16.3. The largest absolute Gasteiger partial charge is 0.456 e. The molecule has 9 aromatic carbocycles. The van der Waals surface area contributed by atoms with Crippen molar-refractivity contribution in [3.8, 4) is 0 Å². The summed E-state index contributed by atoms with van der Waals surface area (Å²) in [5.41, 5.74) is 10.0. The maximum absolute atomic E-state index is 6.28. The van der Waals surface area contributed by atoms with Crippen LogP contribution in [0.15, 0.2) is 203 Å². The number of para-hydroxylation sites is 4. The number of hydrogen-bond acceptors (Lipinski definition) is 4. The van der Waals surface area contributed by atoms with E-state index in [0.29, 0.717) is 0 Å². The van der Waals surface area contributed by atoms with Gasteiger partial charge in [0, 0.05) is 65.8 Å². The molecular formula is C50H32N2O2. The number of furan rings is 2. The molecule has 0 amide bonds. The van der Waals surface area contributed by atoms with Crippen molar-refractivity contribution in [3.63, 3.8) is 0 Å². The molecule has 11 rings (SSSR count). The van der Waals surface area contributed by atoms with Gasteiger partial charge in [-0.2, -0.15) is 0 Å². The van der Waals surface area contributed by atoms with Gasteiger partial charge in [0.25, 0.3) is 0 Å². The van der Waals surface area contributed by atoms with Crippen LogP contribution in [0.25, 0.3) is 65.4 Å². The average molecular weight is 693 g/mol. The second-order valence-corrected chi connectivity index (χ2v) is 13.7. The van der Waals surface area contributed by atoms with Crippen molar-refractivity contribution in [2.24, 2.45) is 0 Å². The Hall–Kier alpha value is -7.30. The molecule has 0 aliphatic rings. The van der Waals surface area contributed by atoms with Crippen molar-refractivity contribution in [1.29, 1.82) is 0 Å². The highest BCUT2D eigenvalue weighted by Gasteiger charge is 2.26. The maximum atomic E-state index is 6.28. The third-order valence-corrected chi connectivity index (χ3v) is 10.6. The highest BCUT2D eigenvalue weighted by molar-refractivity contribution is 6.24. The number of benzene rings is 9. The van der Waals surface area contributed by atoms with Crippen LogP contribution in [-0.2, 0) is 0 Å². The Bertz CT molecular complexity index is 2910. The van der Waals surface area contributed by atoms with Crippen molar-refractivity contribution in [2.45, 2.75) is 0 Å². The van der Waals surface area contributed by atoms with Gasteiger partial charge in [0.05, 0.1) is 11.4 Å². The SMILES string of the molecule is c1ccc(N(c2ccc3oc4ccccc4c3c2)c2c3ccccc3c(N(c3ccccc3)c3ccc4oc5ccccc5c4c3)c3ccccc23)cc1. The number of rotatable bonds is 6. The minimum absolute atomic E-state index is 0.874. The van der Waals surface area contributed by atoms with Gasteiger partial charge in [0.2, 0.25) is 0 Å². The molecule has 11 aromatic rings. The first-order valence-corrected chi connectivity index (χ1v) is 18.3. The third-order valence-electron chi connectivity index (χ3n) is 10.6. The van der Waals surface area contributed by atoms with Crippen LogP contribution in [0.5, 0.6) is 0 Å². The second-order valence-electron chi connectivity index (χ2n) is 13.7. The molecule has 2 aromatic heterocycles. The van der Waals surface area contributed by atoms with Crippen LogP contribution in [0.2, 0.25) is 0 Å². The molecule has 0 fully saturated rings. The average Bonchev–Trinajstić information content (AvgIpc) is 3.80. The molecule has 0 unspecified atom stereocenters. The molecule has 4 heteroatoms. The topological polar surface area (TPSA) is 32.8 Å². The number of anilines is 6. The van der Waals surface area contributed by atoms with E-state index in [4.69, 9.17) is 8.83 Å². The van der Waals surface area contributed by atoms with Gasteiger partial charge < -0.3 is 18.6 Å². The van der Waals surface area contributed by atoms with Crippen LogP contribution in [0.3, 0.4) is 0 Å². The van der Waals surface area contributed by atoms with Gasteiger partial charge in [0.15, 0.2) is 0 Å². The fourth-order valence-corrected chi connectivity index (χ4v) is 8.24. The van der Waals surface area contributed by atoms with E-state index in [1.165, 1.54) is 0 Å². The van der Waals surface area contributed by atoms with Gasteiger partial charge in [-0.3, -0.25) is 0 Å². The molecule has 0 saturated carbocycles. The fourth-order valence-electron chi connectivity index (χ4n) is 8.24. The molecule has 254 valence electrons. The summed E-state index contributed by atoms with van der Waals surface area (Å²) in [7, 11) is 0. The van der Waals surface area contributed by atoms with Crippen molar-refractivity contribution >= 4 is 99.5 Å². The van der Waals surface area contributed by atoms with Gasteiger partial charge in [-0.1, -0.05) is 121 Å². The monoisotopic (exact) mass is 692 g/mol. The van der Waals surface area contributed by atoms with Gasteiger partial charge >= 0.3 is 0 Å². The van der Waals surface area contributed by atoms with Crippen LogP contribution in [0.4, 0.5) is 34.1 Å². The molecule has 0 aliphatic heterocycles. The first kappa shape index (κ1) is 30.3. The minimum atomic E-state index is 0.874. The molecule has 2 heterocycles. The molecule has 0 spiro atoms. The lowest BCUT2D eigenvalue weighted by Gasteiger charge is -2.32. The second kappa shape index (κ2) is 12.1. The predicted octanol–water partition coefficient (Wildman–Crippen LogP) is 14.7. The Morgan fingerprint density at radius 2 is 0.556 bits per heavy atom. The number of fused-ring (bicyclic) bond motifs is 8. The predicted molar refractivity (Wildman–Crippen MR) is 225 cm³/mol.